The lowest BCUT2D eigenvalue weighted by atomic mass is 9.83. The zero-order valence-corrected chi connectivity index (χ0v) is 18.7. The van der Waals surface area contributed by atoms with Gasteiger partial charge in [0.15, 0.2) is 0 Å². The number of hydrogen-bond acceptors (Lipinski definition) is 3. The predicted molar refractivity (Wildman–Crippen MR) is 120 cm³/mol. The Morgan fingerprint density at radius 1 is 0.966 bits per heavy atom. The Labute approximate surface area is 175 Å². The van der Waals surface area contributed by atoms with Crippen molar-refractivity contribution >= 4 is 24.6 Å². The minimum absolute atomic E-state index is 0.0536. The van der Waals surface area contributed by atoms with Crippen molar-refractivity contribution in [3.63, 3.8) is 0 Å². The van der Waals surface area contributed by atoms with Gasteiger partial charge in [-0.05, 0) is 28.4 Å². The van der Waals surface area contributed by atoms with Crippen molar-refractivity contribution in [2.75, 3.05) is 13.1 Å². The van der Waals surface area contributed by atoms with Crippen LogP contribution in [0.25, 0.3) is 0 Å². The quantitative estimate of drug-likeness (QED) is 0.764. The molecule has 2 saturated heterocycles. The SMILES string of the molecule is CC(C)(C)[Si](OC1CC(=O)N[C@H]2CNCC[C@@H]12)(c1ccccc1)c1ccccc1. The van der Waals surface area contributed by atoms with Gasteiger partial charge in [0.1, 0.15) is 0 Å². The fourth-order valence-corrected chi connectivity index (χ4v) is 9.86. The molecule has 0 saturated carbocycles. The molecule has 4 nitrogen and oxygen atoms in total. The summed E-state index contributed by atoms with van der Waals surface area (Å²) in [5.41, 5.74) is 0. The van der Waals surface area contributed by atoms with E-state index in [9.17, 15) is 4.79 Å². The van der Waals surface area contributed by atoms with Crippen molar-refractivity contribution < 1.29 is 9.22 Å². The molecular formula is C24H32N2O2Si. The number of hydrogen-bond donors (Lipinski definition) is 2. The van der Waals surface area contributed by atoms with Gasteiger partial charge in [0, 0.05) is 18.5 Å². The number of benzene rings is 2. The summed E-state index contributed by atoms with van der Waals surface area (Å²) in [5, 5.41) is 9.08. The monoisotopic (exact) mass is 408 g/mol. The third-order valence-corrected chi connectivity index (χ3v) is 11.6. The number of carbonyl (C=O) groups is 1. The van der Waals surface area contributed by atoms with Gasteiger partial charge in [0.2, 0.25) is 5.91 Å². The second-order valence-corrected chi connectivity index (χ2v) is 13.6. The molecule has 2 aromatic carbocycles. The lowest BCUT2D eigenvalue weighted by Crippen LogP contribution is -2.70. The number of nitrogens with one attached hydrogen (secondary N) is 2. The minimum Gasteiger partial charge on any atom is -0.404 e. The summed E-state index contributed by atoms with van der Waals surface area (Å²) in [6, 6.07) is 21.6. The zero-order valence-electron chi connectivity index (χ0n) is 17.7. The molecule has 0 aromatic heterocycles. The second kappa shape index (κ2) is 8.05. The number of piperidine rings is 2. The number of amides is 1. The summed E-state index contributed by atoms with van der Waals surface area (Å²) in [7, 11) is -2.64. The highest BCUT2D eigenvalue weighted by Gasteiger charge is 2.53. The standard InChI is InChI=1S/C24H32N2O2Si/c1-24(2,3)29(18-10-6-4-7-11-18,19-12-8-5-9-13-19)28-22-16-23(27)26-21-17-25-15-14-20(21)22/h4-13,20-22,25H,14-17H2,1-3H3,(H,26,27)/t20-,21+,22?/m1/s1. The molecule has 1 amide bonds. The van der Waals surface area contributed by atoms with Crippen LogP contribution in [0.5, 0.6) is 0 Å². The average molecular weight is 409 g/mol. The van der Waals surface area contributed by atoms with Gasteiger partial charge in [-0.3, -0.25) is 4.79 Å². The Morgan fingerprint density at radius 2 is 1.55 bits per heavy atom. The first-order valence-corrected chi connectivity index (χ1v) is 12.6. The van der Waals surface area contributed by atoms with Crippen molar-refractivity contribution in [1.29, 1.82) is 0 Å². The highest BCUT2D eigenvalue weighted by Crippen LogP contribution is 2.40. The average Bonchev–Trinajstić information content (AvgIpc) is 2.72. The van der Waals surface area contributed by atoms with Crippen molar-refractivity contribution in [3.05, 3.63) is 60.7 Å². The van der Waals surface area contributed by atoms with Crippen LogP contribution in [0.1, 0.15) is 33.6 Å². The van der Waals surface area contributed by atoms with E-state index in [-0.39, 0.29) is 23.1 Å². The highest BCUT2D eigenvalue weighted by molar-refractivity contribution is 6.99. The first kappa shape index (κ1) is 20.3. The third-order valence-electron chi connectivity index (χ3n) is 6.49. The molecule has 154 valence electrons. The first-order chi connectivity index (χ1) is 13.9. The van der Waals surface area contributed by atoms with E-state index in [1.165, 1.54) is 10.4 Å². The number of carbonyl (C=O) groups excluding carboxylic acids is 1. The first-order valence-electron chi connectivity index (χ1n) is 10.7. The topological polar surface area (TPSA) is 50.4 Å². The van der Waals surface area contributed by atoms with Gasteiger partial charge in [-0.1, -0.05) is 81.4 Å². The summed E-state index contributed by atoms with van der Waals surface area (Å²) < 4.78 is 7.31. The fraction of sp³-hybridized carbons (Fsp3) is 0.458. The van der Waals surface area contributed by atoms with Gasteiger partial charge in [0.05, 0.1) is 12.5 Å². The molecule has 2 fully saturated rings. The van der Waals surface area contributed by atoms with Gasteiger partial charge in [-0.15, -0.1) is 0 Å². The normalized spacial score (nSPS) is 25.2. The van der Waals surface area contributed by atoms with Crippen LogP contribution in [0.2, 0.25) is 5.04 Å². The smallest absolute Gasteiger partial charge is 0.261 e. The van der Waals surface area contributed by atoms with Crippen molar-refractivity contribution in [2.45, 2.75) is 50.8 Å². The van der Waals surface area contributed by atoms with E-state index < -0.39 is 8.32 Å². The molecule has 3 atom stereocenters. The molecule has 0 spiro atoms. The van der Waals surface area contributed by atoms with Gasteiger partial charge >= 0.3 is 0 Å². The maximum atomic E-state index is 12.5. The Hall–Kier alpha value is -1.95. The molecule has 1 unspecified atom stereocenters. The molecule has 0 aliphatic carbocycles. The van der Waals surface area contributed by atoms with Gasteiger partial charge in [0.25, 0.3) is 8.32 Å². The molecule has 2 N–H and O–H groups in total. The molecule has 0 bridgehead atoms. The maximum absolute atomic E-state index is 12.5. The van der Waals surface area contributed by atoms with Crippen molar-refractivity contribution in [3.8, 4) is 0 Å². The van der Waals surface area contributed by atoms with E-state index in [0.717, 1.165) is 19.5 Å². The summed E-state index contributed by atoms with van der Waals surface area (Å²) in [5.74, 6) is 0.466. The summed E-state index contributed by atoms with van der Waals surface area (Å²) in [4.78, 5) is 12.5. The molecule has 2 heterocycles. The molecular weight excluding hydrogens is 376 g/mol. The fourth-order valence-electron chi connectivity index (χ4n) is 5.13. The van der Waals surface area contributed by atoms with Crippen LogP contribution in [-0.4, -0.2) is 39.5 Å². The molecule has 29 heavy (non-hydrogen) atoms. The van der Waals surface area contributed by atoms with Crippen LogP contribution in [0.4, 0.5) is 0 Å². The summed E-state index contributed by atoms with van der Waals surface area (Å²) in [6.07, 6.45) is 1.43. The van der Waals surface area contributed by atoms with E-state index in [1.807, 2.05) is 0 Å². The Morgan fingerprint density at radius 3 is 2.10 bits per heavy atom. The maximum Gasteiger partial charge on any atom is 0.261 e. The summed E-state index contributed by atoms with van der Waals surface area (Å²) in [6.45, 7) is 8.70. The molecule has 5 heteroatoms. The van der Waals surface area contributed by atoms with E-state index in [1.54, 1.807) is 0 Å². The van der Waals surface area contributed by atoms with Gasteiger partial charge in [-0.2, -0.15) is 0 Å². The Balaban J connectivity index is 1.83. The van der Waals surface area contributed by atoms with Crippen LogP contribution in [-0.2, 0) is 9.22 Å². The van der Waals surface area contributed by atoms with Crippen LogP contribution in [0.3, 0.4) is 0 Å². The van der Waals surface area contributed by atoms with Crippen molar-refractivity contribution in [1.82, 2.24) is 10.6 Å². The van der Waals surface area contributed by atoms with E-state index in [0.29, 0.717) is 12.3 Å². The summed E-state index contributed by atoms with van der Waals surface area (Å²) >= 11 is 0. The zero-order chi connectivity index (χ0) is 20.5. The largest absolute Gasteiger partial charge is 0.404 e. The minimum atomic E-state index is -2.64. The third kappa shape index (κ3) is 3.79. The van der Waals surface area contributed by atoms with Crippen LogP contribution in [0.15, 0.2) is 60.7 Å². The number of rotatable bonds is 4. The van der Waals surface area contributed by atoms with E-state index in [2.05, 4.69) is 92.1 Å². The van der Waals surface area contributed by atoms with Crippen LogP contribution >= 0.6 is 0 Å². The van der Waals surface area contributed by atoms with E-state index >= 15 is 0 Å². The highest BCUT2D eigenvalue weighted by atomic mass is 28.4. The molecule has 2 aromatic rings. The van der Waals surface area contributed by atoms with Gasteiger partial charge < -0.3 is 15.1 Å². The van der Waals surface area contributed by atoms with Crippen LogP contribution in [0, 0.1) is 5.92 Å². The Kier molecular flexibility index (Phi) is 5.64. The molecule has 2 aliphatic rings. The van der Waals surface area contributed by atoms with Crippen LogP contribution < -0.4 is 21.0 Å². The lowest BCUT2D eigenvalue weighted by Gasteiger charge is -2.49. The molecule has 0 radical (unpaired) electrons. The second-order valence-electron chi connectivity index (χ2n) is 9.35. The Bertz CT molecular complexity index is 795. The predicted octanol–water partition coefficient (Wildman–Crippen LogP) is 2.43. The van der Waals surface area contributed by atoms with E-state index in [4.69, 9.17) is 4.43 Å². The number of fused-ring (bicyclic) bond motifs is 1. The lowest BCUT2D eigenvalue weighted by molar-refractivity contribution is -0.129. The molecule has 2 aliphatic heterocycles. The molecule has 4 rings (SSSR count). The van der Waals surface area contributed by atoms with Gasteiger partial charge in [-0.25, -0.2) is 0 Å². The van der Waals surface area contributed by atoms with Crippen molar-refractivity contribution in [2.24, 2.45) is 5.92 Å².